The van der Waals surface area contributed by atoms with Crippen molar-refractivity contribution < 1.29 is 9.18 Å². The number of hydrogen-bond acceptors (Lipinski definition) is 4. The number of carbonyl (C=O) groups excluding carboxylic acids is 1. The first-order chi connectivity index (χ1) is 8.65. The third-order valence-corrected chi connectivity index (χ3v) is 3.07. The zero-order valence-corrected chi connectivity index (χ0v) is 10.1. The zero-order valence-electron chi connectivity index (χ0n) is 10.1. The van der Waals surface area contributed by atoms with E-state index in [-0.39, 0.29) is 17.8 Å². The lowest BCUT2D eigenvalue weighted by Crippen LogP contribution is -2.43. The Balaban J connectivity index is 1.84. The molecule has 1 aromatic heterocycles. The Morgan fingerprint density at radius 3 is 2.89 bits per heavy atom. The summed E-state index contributed by atoms with van der Waals surface area (Å²) in [6, 6.07) is 3.14. The van der Waals surface area contributed by atoms with E-state index in [9.17, 15) is 9.18 Å². The number of anilines is 1. The van der Waals surface area contributed by atoms with Gasteiger partial charge in [0.05, 0.1) is 6.54 Å². The predicted molar refractivity (Wildman–Crippen MR) is 66.5 cm³/mol. The number of piperidine rings is 1. The number of rotatable bonds is 4. The van der Waals surface area contributed by atoms with Crippen molar-refractivity contribution in [3.63, 3.8) is 0 Å². The fourth-order valence-electron chi connectivity index (χ4n) is 2.14. The predicted octanol–water partition coefficient (Wildman–Crippen LogP) is 0.582. The number of nitrogens with two attached hydrogens (primary N) is 1. The Bertz CT molecular complexity index is 418. The molecule has 0 atom stereocenters. The SMILES string of the molecule is NC(=O)CN1CCC(Nc2ncccc2F)CC1. The van der Waals surface area contributed by atoms with Crippen LogP contribution in [0.2, 0.25) is 0 Å². The molecule has 1 fully saturated rings. The molecule has 2 rings (SSSR count). The first kappa shape index (κ1) is 12.8. The Labute approximate surface area is 105 Å². The van der Waals surface area contributed by atoms with Gasteiger partial charge in [-0.3, -0.25) is 9.69 Å². The molecule has 3 N–H and O–H groups in total. The molecule has 98 valence electrons. The number of pyridine rings is 1. The second-order valence-corrected chi connectivity index (χ2v) is 4.49. The minimum absolute atomic E-state index is 0.193. The van der Waals surface area contributed by atoms with Crippen LogP contribution in [0.15, 0.2) is 18.3 Å². The zero-order chi connectivity index (χ0) is 13.0. The van der Waals surface area contributed by atoms with Crippen LogP contribution in [0.1, 0.15) is 12.8 Å². The van der Waals surface area contributed by atoms with Gasteiger partial charge in [-0.15, -0.1) is 0 Å². The normalized spacial score (nSPS) is 17.6. The molecule has 0 aliphatic carbocycles. The van der Waals surface area contributed by atoms with Gasteiger partial charge in [0.15, 0.2) is 11.6 Å². The Kier molecular flexibility index (Phi) is 4.09. The number of amides is 1. The molecule has 1 amide bonds. The lowest BCUT2D eigenvalue weighted by Gasteiger charge is -2.31. The molecule has 0 saturated carbocycles. The summed E-state index contributed by atoms with van der Waals surface area (Å²) >= 11 is 0. The van der Waals surface area contributed by atoms with Crippen LogP contribution in [-0.2, 0) is 4.79 Å². The van der Waals surface area contributed by atoms with Gasteiger partial charge in [0.1, 0.15) is 0 Å². The Morgan fingerprint density at radius 1 is 1.56 bits per heavy atom. The van der Waals surface area contributed by atoms with Crippen LogP contribution < -0.4 is 11.1 Å². The van der Waals surface area contributed by atoms with Crippen LogP contribution in [0, 0.1) is 5.82 Å². The van der Waals surface area contributed by atoms with Crippen molar-refractivity contribution >= 4 is 11.7 Å². The molecule has 0 radical (unpaired) electrons. The summed E-state index contributed by atoms with van der Waals surface area (Å²) < 4.78 is 13.4. The summed E-state index contributed by atoms with van der Waals surface area (Å²) in [7, 11) is 0. The van der Waals surface area contributed by atoms with Crippen LogP contribution in [0.25, 0.3) is 0 Å². The Hall–Kier alpha value is -1.69. The molecule has 0 aromatic carbocycles. The van der Waals surface area contributed by atoms with E-state index in [1.807, 2.05) is 4.90 Å². The number of nitrogens with one attached hydrogen (secondary N) is 1. The van der Waals surface area contributed by atoms with Crippen LogP contribution in [0.4, 0.5) is 10.2 Å². The van der Waals surface area contributed by atoms with E-state index < -0.39 is 0 Å². The maximum absolute atomic E-state index is 13.4. The van der Waals surface area contributed by atoms with Gasteiger partial charge in [-0.25, -0.2) is 9.37 Å². The molecule has 0 unspecified atom stereocenters. The maximum atomic E-state index is 13.4. The average Bonchev–Trinajstić information content (AvgIpc) is 2.34. The molecule has 18 heavy (non-hydrogen) atoms. The monoisotopic (exact) mass is 252 g/mol. The first-order valence-corrected chi connectivity index (χ1v) is 6.03. The number of carbonyl (C=O) groups is 1. The molecule has 0 spiro atoms. The fourth-order valence-corrected chi connectivity index (χ4v) is 2.14. The van der Waals surface area contributed by atoms with Gasteiger partial charge in [0.2, 0.25) is 5.91 Å². The van der Waals surface area contributed by atoms with E-state index in [1.165, 1.54) is 6.07 Å². The highest BCUT2D eigenvalue weighted by molar-refractivity contribution is 5.75. The van der Waals surface area contributed by atoms with E-state index in [1.54, 1.807) is 12.3 Å². The summed E-state index contributed by atoms with van der Waals surface area (Å²) in [6.07, 6.45) is 3.26. The summed E-state index contributed by atoms with van der Waals surface area (Å²) in [5, 5.41) is 3.09. The first-order valence-electron chi connectivity index (χ1n) is 6.03. The van der Waals surface area contributed by atoms with Gasteiger partial charge in [0.25, 0.3) is 0 Å². The van der Waals surface area contributed by atoms with Crippen LogP contribution in [0.3, 0.4) is 0 Å². The molecule has 1 aromatic rings. The summed E-state index contributed by atoms with van der Waals surface area (Å²) in [6.45, 7) is 1.87. The molecule has 5 nitrogen and oxygen atoms in total. The largest absolute Gasteiger partial charge is 0.369 e. The van der Waals surface area contributed by atoms with E-state index in [2.05, 4.69) is 10.3 Å². The molecule has 0 bridgehead atoms. The van der Waals surface area contributed by atoms with Gasteiger partial charge in [-0.1, -0.05) is 0 Å². The van der Waals surface area contributed by atoms with E-state index in [0.717, 1.165) is 25.9 Å². The third-order valence-electron chi connectivity index (χ3n) is 3.07. The average molecular weight is 252 g/mol. The number of halogens is 1. The van der Waals surface area contributed by atoms with E-state index in [0.29, 0.717) is 12.4 Å². The van der Waals surface area contributed by atoms with Crippen molar-refractivity contribution in [2.45, 2.75) is 18.9 Å². The third kappa shape index (κ3) is 3.40. The molecular weight excluding hydrogens is 235 g/mol. The number of aromatic nitrogens is 1. The highest BCUT2D eigenvalue weighted by Gasteiger charge is 2.20. The van der Waals surface area contributed by atoms with Crippen LogP contribution in [0.5, 0.6) is 0 Å². The van der Waals surface area contributed by atoms with Gasteiger partial charge < -0.3 is 11.1 Å². The number of likely N-dealkylation sites (tertiary alicyclic amines) is 1. The standard InChI is InChI=1S/C12H17FN4O/c13-10-2-1-5-15-12(10)16-9-3-6-17(7-4-9)8-11(14)18/h1-2,5,9H,3-4,6-8H2,(H2,14,18)(H,15,16). The lowest BCUT2D eigenvalue weighted by atomic mass is 10.1. The van der Waals surface area contributed by atoms with Crippen molar-refractivity contribution in [2.24, 2.45) is 5.73 Å². The number of hydrogen-bond donors (Lipinski definition) is 2. The molecule has 6 heteroatoms. The maximum Gasteiger partial charge on any atom is 0.231 e. The van der Waals surface area contributed by atoms with Gasteiger partial charge in [0, 0.05) is 25.3 Å². The molecule has 1 saturated heterocycles. The van der Waals surface area contributed by atoms with Crippen molar-refractivity contribution in [2.75, 3.05) is 25.0 Å². The summed E-state index contributed by atoms with van der Waals surface area (Å²) in [5.74, 6) is -0.347. The van der Waals surface area contributed by atoms with Crippen molar-refractivity contribution in [1.82, 2.24) is 9.88 Å². The topological polar surface area (TPSA) is 71.2 Å². The van der Waals surface area contributed by atoms with Crippen molar-refractivity contribution in [1.29, 1.82) is 0 Å². The minimum Gasteiger partial charge on any atom is -0.369 e. The molecule has 1 aliphatic rings. The number of primary amides is 1. The minimum atomic E-state index is -0.336. The molecule has 1 aliphatic heterocycles. The van der Waals surface area contributed by atoms with Crippen molar-refractivity contribution in [3.8, 4) is 0 Å². The van der Waals surface area contributed by atoms with E-state index >= 15 is 0 Å². The van der Waals surface area contributed by atoms with Gasteiger partial charge >= 0.3 is 0 Å². The van der Waals surface area contributed by atoms with Gasteiger partial charge in [-0.2, -0.15) is 0 Å². The second kappa shape index (κ2) is 5.77. The molecular formula is C12H17FN4O. The molecule has 2 heterocycles. The van der Waals surface area contributed by atoms with E-state index in [4.69, 9.17) is 5.73 Å². The van der Waals surface area contributed by atoms with Gasteiger partial charge in [-0.05, 0) is 25.0 Å². The second-order valence-electron chi connectivity index (χ2n) is 4.49. The van der Waals surface area contributed by atoms with Crippen LogP contribution >= 0.6 is 0 Å². The highest BCUT2D eigenvalue weighted by atomic mass is 19.1. The summed E-state index contributed by atoms with van der Waals surface area (Å²) in [4.78, 5) is 16.8. The Morgan fingerprint density at radius 2 is 2.28 bits per heavy atom. The quantitative estimate of drug-likeness (QED) is 0.822. The van der Waals surface area contributed by atoms with Crippen LogP contribution in [-0.4, -0.2) is 41.5 Å². The lowest BCUT2D eigenvalue weighted by molar-refractivity contribution is -0.119. The van der Waals surface area contributed by atoms with Crippen molar-refractivity contribution in [3.05, 3.63) is 24.1 Å². The highest BCUT2D eigenvalue weighted by Crippen LogP contribution is 2.16. The summed E-state index contributed by atoms with van der Waals surface area (Å²) in [5.41, 5.74) is 5.15. The smallest absolute Gasteiger partial charge is 0.231 e. The number of nitrogens with zero attached hydrogens (tertiary/aromatic N) is 2. The fraction of sp³-hybridized carbons (Fsp3) is 0.500.